The van der Waals surface area contributed by atoms with Crippen molar-refractivity contribution >= 4 is 54.3 Å². The van der Waals surface area contributed by atoms with Crippen molar-refractivity contribution in [3.63, 3.8) is 0 Å². The minimum atomic E-state index is -0.206. The fraction of sp³-hybridized carbons (Fsp3) is 0.0370. The maximum absolute atomic E-state index is 13.6. The summed E-state index contributed by atoms with van der Waals surface area (Å²) in [6, 6.07) is 27.3. The number of ketones is 1. The molecule has 3 aromatic carbocycles. The van der Waals surface area contributed by atoms with Gasteiger partial charge in [0.2, 0.25) is 0 Å². The van der Waals surface area contributed by atoms with E-state index in [4.69, 9.17) is 4.98 Å². The van der Waals surface area contributed by atoms with E-state index in [0.717, 1.165) is 20.4 Å². The number of carbonyl (C=O) groups is 2. The normalized spacial score (nSPS) is 10.9. The van der Waals surface area contributed by atoms with Gasteiger partial charge < -0.3 is 0 Å². The number of amides is 1. The Morgan fingerprint density at radius 3 is 2.26 bits per heavy atom. The van der Waals surface area contributed by atoms with Crippen LogP contribution in [0.25, 0.3) is 10.2 Å². The number of rotatable bonds is 6. The standard InChI is InChI=1S/C27H18BrN3O2S/c28-21-13-14-23-24(16-21)34-27(30-23)31(17-22-8-4-5-15-29-22)26(33)20-11-9-19(10-12-20)25(32)18-6-2-1-3-7-18/h1-16H,17H2. The highest BCUT2D eigenvalue weighted by molar-refractivity contribution is 9.10. The highest BCUT2D eigenvalue weighted by atomic mass is 79.9. The van der Waals surface area contributed by atoms with E-state index in [-0.39, 0.29) is 18.2 Å². The van der Waals surface area contributed by atoms with Crippen molar-refractivity contribution in [1.82, 2.24) is 9.97 Å². The molecular formula is C27H18BrN3O2S. The Balaban J connectivity index is 1.48. The molecule has 5 nitrogen and oxygen atoms in total. The zero-order valence-electron chi connectivity index (χ0n) is 17.9. The lowest BCUT2D eigenvalue weighted by molar-refractivity contribution is 0.0982. The molecule has 0 aliphatic heterocycles. The van der Waals surface area contributed by atoms with Crippen molar-refractivity contribution in [3.8, 4) is 0 Å². The summed E-state index contributed by atoms with van der Waals surface area (Å²) in [5.74, 6) is -0.288. The highest BCUT2D eigenvalue weighted by Gasteiger charge is 2.23. The summed E-state index contributed by atoms with van der Waals surface area (Å²) >= 11 is 4.94. The number of anilines is 1. The van der Waals surface area contributed by atoms with E-state index in [2.05, 4.69) is 20.9 Å². The molecule has 5 aromatic rings. The van der Waals surface area contributed by atoms with E-state index in [1.807, 2.05) is 54.6 Å². The van der Waals surface area contributed by atoms with Gasteiger partial charge in [-0.1, -0.05) is 75.8 Å². The number of carbonyl (C=O) groups excluding carboxylic acids is 2. The van der Waals surface area contributed by atoms with E-state index in [0.29, 0.717) is 21.8 Å². The van der Waals surface area contributed by atoms with Crippen molar-refractivity contribution in [2.75, 3.05) is 4.90 Å². The third-order valence-electron chi connectivity index (χ3n) is 5.29. The van der Waals surface area contributed by atoms with Gasteiger partial charge in [0, 0.05) is 27.4 Å². The smallest absolute Gasteiger partial charge is 0.260 e. The van der Waals surface area contributed by atoms with Crippen molar-refractivity contribution in [3.05, 3.63) is 124 Å². The topological polar surface area (TPSA) is 63.2 Å². The van der Waals surface area contributed by atoms with Gasteiger partial charge in [-0.15, -0.1) is 0 Å². The molecule has 0 radical (unpaired) electrons. The minimum absolute atomic E-state index is 0.0818. The predicted octanol–water partition coefficient (Wildman–Crippen LogP) is 6.53. The van der Waals surface area contributed by atoms with Crippen LogP contribution in [0.4, 0.5) is 5.13 Å². The number of pyridine rings is 1. The van der Waals surface area contributed by atoms with Crippen molar-refractivity contribution in [2.45, 2.75) is 6.54 Å². The Labute approximate surface area is 208 Å². The SMILES string of the molecule is O=C(c1ccccc1)c1ccc(C(=O)N(Cc2ccccn2)c2nc3ccc(Br)cc3s2)cc1. The van der Waals surface area contributed by atoms with Gasteiger partial charge in [0.1, 0.15) is 0 Å². The molecule has 2 heterocycles. The van der Waals surface area contributed by atoms with Crippen LogP contribution >= 0.6 is 27.3 Å². The largest absolute Gasteiger partial charge is 0.289 e. The fourth-order valence-electron chi connectivity index (χ4n) is 3.56. The zero-order chi connectivity index (χ0) is 23.5. The maximum atomic E-state index is 13.6. The molecule has 0 aliphatic rings. The van der Waals surface area contributed by atoms with E-state index in [9.17, 15) is 9.59 Å². The van der Waals surface area contributed by atoms with Crippen LogP contribution in [0.2, 0.25) is 0 Å². The van der Waals surface area contributed by atoms with Crippen molar-refractivity contribution in [1.29, 1.82) is 0 Å². The molecule has 1 amide bonds. The number of fused-ring (bicyclic) bond motifs is 1. The zero-order valence-corrected chi connectivity index (χ0v) is 20.3. The van der Waals surface area contributed by atoms with Crippen LogP contribution in [0.1, 0.15) is 32.0 Å². The molecule has 0 spiro atoms. The predicted molar refractivity (Wildman–Crippen MR) is 138 cm³/mol. The molecule has 0 saturated carbocycles. The lowest BCUT2D eigenvalue weighted by Gasteiger charge is -2.19. The van der Waals surface area contributed by atoms with Crippen LogP contribution < -0.4 is 4.90 Å². The molecule has 166 valence electrons. The summed E-state index contributed by atoms with van der Waals surface area (Å²) in [6.45, 7) is 0.283. The van der Waals surface area contributed by atoms with Gasteiger partial charge >= 0.3 is 0 Å². The Hall–Kier alpha value is -3.68. The summed E-state index contributed by atoms with van der Waals surface area (Å²) in [7, 11) is 0. The van der Waals surface area contributed by atoms with Crippen LogP contribution in [0.15, 0.2) is 102 Å². The first kappa shape index (κ1) is 22.1. The first-order valence-electron chi connectivity index (χ1n) is 10.6. The van der Waals surface area contributed by atoms with E-state index in [1.54, 1.807) is 47.5 Å². The summed E-state index contributed by atoms with van der Waals surface area (Å²) in [5, 5.41) is 0.591. The first-order chi connectivity index (χ1) is 16.6. The maximum Gasteiger partial charge on any atom is 0.260 e. The highest BCUT2D eigenvalue weighted by Crippen LogP contribution is 2.32. The Kier molecular flexibility index (Phi) is 6.29. The summed E-state index contributed by atoms with van der Waals surface area (Å²) in [6.07, 6.45) is 1.71. The second kappa shape index (κ2) is 9.67. The van der Waals surface area contributed by atoms with E-state index >= 15 is 0 Å². The fourth-order valence-corrected chi connectivity index (χ4v) is 5.07. The molecule has 0 aliphatic carbocycles. The van der Waals surface area contributed by atoms with E-state index in [1.165, 1.54) is 11.3 Å². The molecule has 7 heteroatoms. The van der Waals surface area contributed by atoms with E-state index < -0.39 is 0 Å². The lowest BCUT2D eigenvalue weighted by atomic mass is 10.0. The summed E-state index contributed by atoms with van der Waals surface area (Å²) in [4.78, 5) is 37.1. The van der Waals surface area contributed by atoms with Gasteiger partial charge in [0.05, 0.1) is 22.5 Å². The second-order valence-electron chi connectivity index (χ2n) is 7.59. The second-order valence-corrected chi connectivity index (χ2v) is 9.52. The molecule has 0 unspecified atom stereocenters. The number of halogens is 1. The number of nitrogens with zero attached hydrogens (tertiary/aromatic N) is 3. The number of hydrogen-bond donors (Lipinski definition) is 0. The molecule has 2 aromatic heterocycles. The van der Waals surface area contributed by atoms with Crippen LogP contribution in [-0.2, 0) is 6.54 Å². The van der Waals surface area contributed by atoms with Crippen LogP contribution in [0.3, 0.4) is 0 Å². The third kappa shape index (κ3) is 4.66. The van der Waals surface area contributed by atoms with Gasteiger partial charge in [-0.05, 0) is 42.5 Å². The van der Waals surface area contributed by atoms with Gasteiger partial charge in [-0.3, -0.25) is 19.5 Å². The quantitative estimate of drug-likeness (QED) is 0.235. The number of thiazole rings is 1. The van der Waals surface area contributed by atoms with Crippen LogP contribution in [0.5, 0.6) is 0 Å². The molecule has 34 heavy (non-hydrogen) atoms. The third-order valence-corrected chi connectivity index (χ3v) is 6.83. The van der Waals surface area contributed by atoms with Gasteiger partial charge in [-0.2, -0.15) is 0 Å². The van der Waals surface area contributed by atoms with Crippen molar-refractivity contribution in [2.24, 2.45) is 0 Å². The Bertz CT molecular complexity index is 1470. The Morgan fingerprint density at radius 2 is 1.53 bits per heavy atom. The van der Waals surface area contributed by atoms with Gasteiger partial charge in [0.15, 0.2) is 10.9 Å². The van der Waals surface area contributed by atoms with Gasteiger partial charge in [-0.25, -0.2) is 4.98 Å². The summed E-state index contributed by atoms with van der Waals surface area (Å²) < 4.78 is 1.93. The molecular weight excluding hydrogens is 510 g/mol. The Morgan fingerprint density at radius 1 is 0.824 bits per heavy atom. The van der Waals surface area contributed by atoms with Crippen LogP contribution in [0, 0.1) is 0 Å². The monoisotopic (exact) mass is 527 g/mol. The number of hydrogen-bond acceptors (Lipinski definition) is 5. The van der Waals surface area contributed by atoms with Crippen molar-refractivity contribution < 1.29 is 9.59 Å². The number of benzene rings is 3. The van der Waals surface area contributed by atoms with Crippen LogP contribution in [-0.4, -0.2) is 21.7 Å². The minimum Gasteiger partial charge on any atom is -0.289 e. The summed E-state index contributed by atoms with van der Waals surface area (Å²) in [5.41, 5.74) is 3.20. The average Bonchev–Trinajstić information content (AvgIpc) is 3.30. The van der Waals surface area contributed by atoms with Gasteiger partial charge in [0.25, 0.3) is 5.91 Å². The molecule has 0 atom stereocenters. The molecule has 0 saturated heterocycles. The average molecular weight is 528 g/mol. The molecule has 0 bridgehead atoms. The lowest BCUT2D eigenvalue weighted by Crippen LogP contribution is -2.30. The first-order valence-corrected chi connectivity index (χ1v) is 12.2. The molecule has 0 N–H and O–H groups in total. The number of aromatic nitrogens is 2. The molecule has 0 fully saturated rings. The molecule has 5 rings (SSSR count).